The summed E-state index contributed by atoms with van der Waals surface area (Å²) in [7, 11) is 0. The minimum atomic E-state index is -1.07. The minimum absolute atomic E-state index is 0.0993. The van der Waals surface area contributed by atoms with Gasteiger partial charge in [-0.3, -0.25) is 9.36 Å². The molecule has 39 heavy (non-hydrogen) atoms. The molecular formula is C29H31F2N5O2S. The zero-order valence-electron chi connectivity index (χ0n) is 21.5. The molecule has 3 aromatic carbocycles. The smallest absolute Gasteiger partial charge is 0.317 e. The Hall–Kier alpha value is -3.60. The molecule has 1 heterocycles. The molecular weight excluding hydrogens is 520 g/mol. The maximum Gasteiger partial charge on any atom is 0.317 e. The van der Waals surface area contributed by atoms with Crippen molar-refractivity contribution in [3.05, 3.63) is 107 Å². The van der Waals surface area contributed by atoms with Crippen LogP contribution in [-0.4, -0.2) is 43.7 Å². The van der Waals surface area contributed by atoms with Gasteiger partial charge in [0, 0.05) is 36.8 Å². The first kappa shape index (κ1) is 28.4. The molecule has 0 aliphatic heterocycles. The number of para-hydroxylation sites is 1. The summed E-state index contributed by atoms with van der Waals surface area (Å²) >= 11 is 1.05. The van der Waals surface area contributed by atoms with Crippen LogP contribution >= 0.6 is 11.8 Å². The van der Waals surface area contributed by atoms with Crippen molar-refractivity contribution >= 4 is 17.7 Å². The Kier molecular flexibility index (Phi) is 9.80. The molecule has 0 fully saturated rings. The van der Waals surface area contributed by atoms with Crippen molar-refractivity contribution in [2.24, 2.45) is 11.7 Å². The third-order valence-electron chi connectivity index (χ3n) is 6.47. The van der Waals surface area contributed by atoms with Gasteiger partial charge in [0.05, 0.1) is 0 Å². The Morgan fingerprint density at radius 2 is 1.74 bits per heavy atom. The number of hydrogen-bond acceptors (Lipinski definition) is 6. The number of nitrogens with one attached hydrogen (secondary N) is 1. The van der Waals surface area contributed by atoms with Crippen LogP contribution in [-0.2, 0) is 24.2 Å². The number of aliphatic carboxylic acids is 1. The highest BCUT2D eigenvalue weighted by atomic mass is 32.2. The molecule has 10 heteroatoms. The predicted octanol–water partition coefficient (Wildman–Crippen LogP) is 4.63. The molecule has 3 atom stereocenters. The predicted molar refractivity (Wildman–Crippen MR) is 148 cm³/mol. The number of rotatable bonds is 13. The van der Waals surface area contributed by atoms with Crippen LogP contribution < -0.4 is 11.1 Å². The van der Waals surface area contributed by atoms with Crippen LogP contribution in [0, 0.1) is 17.6 Å². The van der Waals surface area contributed by atoms with Gasteiger partial charge in [-0.25, -0.2) is 8.78 Å². The fourth-order valence-electron chi connectivity index (χ4n) is 4.48. The summed E-state index contributed by atoms with van der Waals surface area (Å²) < 4.78 is 29.5. The monoisotopic (exact) mass is 551 g/mol. The Morgan fingerprint density at radius 3 is 2.44 bits per heavy atom. The van der Waals surface area contributed by atoms with Gasteiger partial charge in [-0.2, -0.15) is 0 Å². The van der Waals surface area contributed by atoms with Gasteiger partial charge in [-0.1, -0.05) is 61.2 Å². The van der Waals surface area contributed by atoms with Crippen molar-refractivity contribution in [2.45, 2.75) is 42.8 Å². The molecule has 0 spiro atoms. The Morgan fingerprint density at radius 1 is 1.03 bits per heavy atom. The lowest BCUT2D eigenvalue weighted by Crippen LogP contribution is -2.47. The summed E-state index contributed by atoms with van der Waals surface area (Å²) in [5, 5.41) is 21.2. The number of nitrogens with zero attached hydrogens (tertiary/aromatic N) is 3. The van der Waals surface area contributed by atoms with E-state index in [4.69, 9.17) is 5.73 Å². The highest BCUT2D eigenvalue weighted by molar-refractivity contribution is 8.00. The second-order valence-corrected chi connectivity index (χ2v) is 10.4. The number of thioether (sulfide) groups is 1. The minimum Gasteiger partial charge on any atom is -0.480 e. The van der Waals surface area contributed by atoms with Gasteiger partial charge < -0.3 is 16.2 Å². The average Bonchev–Trinajstić information content (AvgIpc) is 3.38. The van der Waals surface area contributed by atoms with Crippen molar-refractivity contribution in [3.8, 4) is 5.69 Å². The summed E-state index contributed by atoms with van der Waals surface area (Å²) in [5.41, 5.74) is 10.0. The van der Waals surface area contributed by atoms with Crippen LogP contribution in [0.15, 0.2) is 84.3 Å². The van der Waals surface area contributed by atoms with E-state index in [0.29, 0.717) is 17.3 Å². The standard InChI is InChI=1S/C29H31F2N5O2S/c1-2-19-7-6-8-20(11-19)16-33-17-25(26(32)14-21-12-22(30)15-23(31)13-21)27(28(37)38)39-29-35-34-18-36(29)24-9-4-3-5-10-24/h3-13,15,18,25-27,33H,2,14,16-17,32H2,1H3,(H,37,38)/t25-,26?,27+/m1/s1. The fourth-order valence-corrected chi connectivity index (χ4v) is 5.64. The SMILES string of the molecule is CCc1cccc(CNC[C@H](C(N)Cc2cc(F)cc(F)c2)[C@H](Sc2nncn2-c2ccccc2)C(=O)O)c1. The van der Waals surface area contributed by atoms with Gasteiger partial charge in [-0.15, -0.1) is 10.2 Å². The lowest BCUT2D eigenvalue weighted by Gasteiger charge is -2.29. The van der Waals surface area contributed by atoms with E-state index >= 15 is 0 Å². The topological polar surface area (TPSA) is 106 Å². The summed E-state index contributed by atoms with van der Waals surface area (Å²) in [6, 6.07) is 20.0. The number of carboxylic acids is 1. The first-order chi connectivity index (χ1) is 18.8. The van der Waals surface area contributed by atoms with Crippen molar-refractivity contribution < 1.29 is 18.7 Å². The molecule has 0 saturated carbocycles. The first-order valence-electron chi connectivity index (χ1n) is 12.7. The Labute approximate surface area is 230 Å². The van der Waals surface area contributed by atoms with E-state index in [-0.39, 0.29) is 13.0 Å². The molecule has 4 N–H and O–H groups in total. The zero-order valence-corrected chi connectivity index (χ0v) is 22.3. The van der Waals surface area contributed by atoms with Gasteiger partial charge in [0.15, 0.2) is 5.16 Å². The number of nitrogens with two attached hydrogens (primary N) is 1. The number of aromatic nitrogens is 3. The first-order valence-corrected chi connectivity index (χ1v) is 13.6. The number of carbonyl (C=O) groups is 1. The van der Waals surface area contributed by atoms with E-state index in [1.807, 2.05) is 42.5 Å². The van der Waals surface area contributed by atoms with Crippen molar-refractivity contribution in [1.29, 1.82) is 0 Å². The average molecular weight is 552 g/mol. The lowest BCUT2D eigenvalue weighted by molar-refractivity contribution is -0.137. The number of benzene rings is 3. The quantitative estimate of drug-likeness (QED) is 0.208. The Bertz CT molecular complexity index is 1360. The molecule has 0 aliphatic carbocycles. The number of hydrogen-bond donors (Lipinski definition) is 3. The molecule has 0 amide bonds. The largest absolute Gasteiger partial charge is 0.480 e. The van der Waals surface area contributed by atoms with Crippen molar-refractivity contribution in [1.82, 2.24) is 20.1 Å². The number of halogens is 2. The van der Waals surface area contributed by atoms with Crippen molar-refractivity contribution in [2.75, 3.05) is 6.54 Å². The molecule has 1 unspecified atom stereocenters. The van der Waals surface area contributed by atoms with E-state index in [0.717, 1.165) is 35.5 Å². The third kappa shape index (κ3) is 7.72. The number of carboxylic acid groups (broad SMARTS) is 1. The van der Waals surface area contributed by atoms with Gasteiger partial charge in [0.1, 0.15) is 23.2 Å². The van der Waals surface area contributed by atoms with Crippen LogP contribution in [0.4, 0.5) is 8.78 Å². The van der Waals surface area contributed by atoms with Gasteiger partial charge in [-0.05, 0) is 53.8 Å². The molecule has 204 valence electrons. The van der Waals surface area contributed by atoms with E-state index in [1.165, 1.54) is 24.0 Å². The highest BCUT2D eigenvalue weighted by Gasteiger charge is 2.35. The maximum absolute atomic E-state index is 13.9. The summed E-state index contributed by atoms with van der Waals surface area (Å²) in [5.74, 6) is -3.09. The van der Waals surface area contributed by atoms with Crippen LogP contribution in [0.2, 0.25) is 0 Å². The van der Waals surface area contributed by atoms with E-state index in [9.17, 15) is 18.7 Å². The normalized spacial score (nSPS) is 13.6. The van der Waals surface area contributed by atoms with E-state index in [2.05, 4.69) is 34.6 Å². The van der Waals surface area contributed by atoms with Gasteiger partial charge >= 0.3 is 5.97 Å². The van der Waals surface area contributed by atoms with Crippen molar-refractivity contribution in [3.63, 3.8) is 0 Å². The fraction of sp³-hybridized carbons (Fsp3) is 0.276. The molecule has 4 rings (SSSR count). The molecule has 0 radical (unpaired) electrons. The molecule has 4 aromatic rings. The van der Waals surface area contributed by atoms with Gasteiger partial charge in [0.25, 0.3) is 0 Å². The van der Waals surface area contributed by atoms with Crippen LogP contribution in [0.25, 0.3) is 5.69 Å². The highest BCUT2D eigenvalue weighted by Crippen LogP contribution is 2.31. The van der Waals surface area contributed by atoms with E-state index in [1.54, 1.807) is 4.57 Å². The molecule has 1 aromatic heterocycles. The second kappa shape index (κ2) is 13.5. The Balaban J connectivity index is 1.58. The molecule has 0 aliphatic rings. The molecule has 0 bridgehead atoms. The maximum atomic E-state index is 13.9. The zero-order chi connectivity index (χ0) is 27.8. The molecule has 7 nitrogen and oxygen atoms in total. The van der Waals surface area contributed by atoms with Crippen LogP contribution in [0.5, 0.6) is 0 Å². The summed E-state index contributed by atoms with van der Waals surface area (Å²) in [6.45, 7) is 2.86. The molecule has 0 saturated heterocycles. The second-order valence-electron chi connectivity index (χ2n) is 9.31. The van der Waals surface area contributed by atoms with E-state index < -0.39 is 34.8 Å². The third-order valence-corrected chi connectivity index (χ3v) is 7.76. The lowest BCUT2D eigenvalue weighted by atomic mass is 9.90. The van der Waals surface area contributed by atoms with Gasteiger partial charge in [0.2, 0.25) is 0 Å². The summed E-state index contributed by atoms with van der Waals surface area (Å²) in [6.07, 6.45) is 2.54. The number of aryl methyl sites for hydroxylation is 1. The van der Waals surface area contributed by atoms with Crippen LogP contribution in [0.1, 0.15) is 23.6 Å². The summed E-state index contributed by atoms with van der Waals surface area (Å²) in [4.78, 5) is 12.6. The van der Waals surface area contributed by atoms with Crippen LogP contribution in [0.3, 0.4) is 0 Å².